The lowest BCUT2D eigenvalue weighted by molar-refractivity contribution is -0.137. The van der Waals surface area contributed by atoms with Gasteiger partial charge < -0.3 is 15.3 Å². The molecule has 0 saturated heterocycles. The van der Waals surface area contributed by atoms with E-state index >= 15 is 0 Å². The number of benzene rings is 1. The molecular weight excluding hydrogens is 325 g/mol. The van der Waals surface area contributed by atoms with Gasteiger partial charge in [-0.1, -0.05) is 0 Å². The van der Waals surface area contributed by atoms with Gasteiger partial charge in [0.2, 0.25) is 0 Å². The van der Waals surface area contributed by atoms with Crippen molar-refractivity contribution < 1.29 is 27.5 Å². The van der Waals surface area contributed by atoms with Crippen molar-refractivity contribution in [3.8, 4) is 0 Å². The molecule has 1 aromatic rings. The number of halogens is 3. The lowest BCUT2D eigenvalue weighted by Crippen LogP contribution is -2.45. The normalized spacial score (nSPS) is 23.6. The topological polar surface area (TPSA) is 64.8 Å². The van der Waals surface area contributed by atoms with Gasteiger partial charge in [-0.2, -0.15) is 18.2 Å². The van der Waals surface area contributed by atoms with Crippen molar-refractivity contribution in [1.29, 1.82) is 0 Å². The Bertz CT molecular complexity index is 631. The van der Waals surface area contributed by atoms with Gasteiger partial charge in [-0.3, -0.25) is 0 Å². The third-order valence-electron chi connectivity index (χ3n) is 4.39. The first-order chi connectivity index (χ1) is 11.3. The van der Waals surface area contributed by atoms with Crippen molar-refractivity contribution in [2.45, 2.75) is 44.4 Å². The summed E-state index contributed by atoms with van der Waals surface area (Å²) in [5.41, 5.74) is 6.05. The Hall–Kier alpha value is -1.96. The minimum Gasteiger partial charge on any atom is -0.433 e. The molecule has 0 radical (unpaired) electrons. The largest absolute Gasteiger partial charge is 0.533 e. The smallest absolute Gasteiger partial charge is 0.433 e. The van der Waals surface area contributed by atoms with Crippen molar-refractivity contribution >= 4 is 11.8 Å². The molecule has 1 saturated carbocycles. The zero-order chi connectivity index (χ0) is 17.5. The van der Waals surface area contributed by atoms with Gasteiger partial charge >= 0.3 is 12.3 Å². The van der Waals surface area contributed by atoms with Crippen LogP contribution in [0.2, 0.25) is 0 Å². The molecule has 2 N–H and O–H groups in total. The molecule has 1 aliphatic heterocycles. The minimum atomic E-state index is -4.45. The first kappa shape index (κ1) is 16.9. The predicted molar refractivity (Wildman–Crippen MR) is 80.1 cm³/mol. The van der Waals surface area contributed by atoms with Crippen LogP contribution in [0, 0.1) is 5.92 Å². The highest BCUT2D eigenvalue weighted by molar-refractivity contribution is 5.65. The quantitative estimate of drug-likeness (QED) is 0.846. The number of anilines is 1. The number of fused-ring (bicyclic) bond motifs is 1. The highest BCUT2D eigenvalue weighted by Gasteiger charge is 2.44. The van der Waals surface area contributed by atoms with Crippen molar-refractivity contribution in [2.75, 3.05) is 11.7 Å². The molecule has 8 heteroatoms. The Morgan fingerprint density at radius 1 is 1.38 bits per heavy atom. The van der Waals surface area contributed by atoms with E-state index in [1.807, 2.05) is 0 Å². The van der Waals surface area contributed by atoms with Gasteiger partial charge in [-0.25, -0.2) is 4.79 Å². The van der Waals surface area contributed by atoms with Gasteiger partial charge in [0, 0.05) is 6.04 Å². The summed E-state index contributed by atoms with van der Waals surface area (Å²) in [6.07, 6.45) is -2.93. The number of alkyl halides is 3. The van der Waals surface area contributed by atoms with Crippen LogP contribution in [0.25, 0.3) is 0 Å². The summed E-state index contributed by atoms with van der Waals surface area (Å²) in [4.78, 5) is 17.0. The molecule has 1 aliphatic carbocycles. The molecule has 132 valence electrons. The minimum absolute atomic E-state index is 0.145. The second-order valence-electron chi connectivity index (χ2n) is 6.12. The molecule has 2 aliphatic rings. The van der Waals surface area contributed by atoms with Gasteiger partial charge in [-0.15, -0.1) is 0 Å². The third kappa shape index (κ3) is 3.28. The van der Waals surface area contributed by atoms with Crippen LogP contribution in [0.15, 0.2) is 18.2 Å². The van der Waals surface area contributed by atoms with Crippen LogP contribution in [0.5, 0.6) is 0 Å². The summed E-state index contributed by atoms with van der Waals surface area (Å²) < 4.78 is 43.6. The number of ether oxygens (including phenoxy) is 1. The fraction of sp³-hybridized carbons (Fsp3) is 0.562. The van der Waals surface area contributed by atoms with Crippen molar-refractivity contribution in [3.63, 3.8) is 0 Å². The van der Waals surface area contributed by atoms with E-state index in [2.05, 4.69) is 0 Å². The van der Waals surface area contributed by atoms with E-state index in [0.717, 1.165) is 25.0 Å². The fourth-order valence-electron chi connectivity index (χ4n) is 3.10. The van der Waals surface area contributed by atoms with Crippen LogP contribution in [-0.2, 0) is 15.8 Å². The standard InChI is InChI=1S/C16H19F3N2O3/c1-2-23-15(22)24-21-13-6-5-10(16(17,18)19)7-11(13)12(20)8-14(21)9-3-4-9/h5-7,9,12,14H,2-4,8,20H2,1H3/t12-,14-/m0/s1. The number of hydrogen-bond donors (Lipinski definition) is 1. The van der Waals surface area contributed by atoms with Crippen LogP contribution in [0.3, 0.4) is 0 Å². The molecule has 2 atom stereocenters. The average molecular weight is 344 g/mol. The Morgan fingerprint density at radius 3 is 2.67 bits per heavy atom. The summed E-state index contributed by atoms with van der Waals surface area (Å²) in [7, 11) is 0. The summed E-state index contributed by atoms with van der Waals surface area (Å²) in [6.45, 7) is 1.80. The van der Waals surface area contributed by atoms with Crippen molar-refractivity contribution in [1.82, 2.24) is 0 Å². The molecular formula is C16H19F3N2O3. The van der Waals surface area contributed by atoms with Gasteiger partial charge in [0.05, 0.1) is 23.9 Å². The number of hydrogen-bond acceptors (Lipinski definition) is 5. The zero-order valence-corrected chi connectivity index (χ0v) is 13.2. The van der Waals surface area contributed by atoms with E-state index in [0.29, 0.717) is 23.6 Å². The Kier molecular flexibility index (Phi) is 4.33. The molecule has 1 aromatic carbocycles. The summed E-state index contributed by atoms with van der Waals surface area (Å²) in [5.74, 6) is 0.320. The Labute approximate surface area is 137 Å². The molecule has 1 fully saturated rings. The van der Waals surface area contributed by atoms with Gasteiger partial charge in [-0.05, 0) is 55.9 Å². The lowest BCUT2D eigenvalue weighted by atomic mass is 9.89. The van der Waals surface area contributed by atoms with Crippen LogP contribution >= 0.6 is 0 Å². The molecule has 1 heterocycles. The van der Waals surface area contributed by atoms with Gasteiger partial charge in [0.1, 0.15) is 0 Å². The highest BCUT2D eigenvalue weighted by atomic mass is 19.4. The maximum atomic E-state index is 12.9. The van der Waals surface area contributed by atoms with E-state index in [4.69, 9.17) is 15.3 Å². The number of carbonyl (C=O) groups is 1. The van der Waals surface area contributed by atoms with Gasteiger partial charge in [0.25, 0.3) is 0 Å². The summed E-state index contributed by atoms with van der Waals surface area (Å²) in [6, 6.07) is 2.64. The van der Waals surface area contributed by atoms with E-state index in [-0.39, 0.29) is 12.6 Å². The monoisotopic (exact) mass is 344 g/mol. The second kappa shape index (κ2) is 6.16. The first-order valence-electron chi connectivity index (χ1n) is 7.92. The molecule has 3 rings (SSSR count). The van der Waals surface area contributed by atoms with E-state index in [1.165, 1.54) is 11.1 Å². The average Bonchev–Trinajstić information content (AvgIpc) is 3.33. The van der Waals surface area contributed by atoms with Crippen molar-refractivity contribution in [2.24, 2.45) is 11.7 Å². The second-order valence-corrected chi connectivity index (χ2v) is 6.12. The van der Waals surface area contributed by atoms with E-state index < -0.39 is 23.9 Å². The molecule has 0 amide bonds. The first-order valence-corrected chi connectivity index (χ1v) is 7.92. The van der Waals surface area contributed by atoms with Crippen molar-refractivity contribution in [3.05, 3.63) is 29.3 Å². The maximum absolute atomic E-state index is 12.9. The van der Waals surface area contributed by atoms with E-state index in [9.17, 15) is 18.0 Å². The Morgan fingerprint density at radius 2 is 2.08 bits per heavy atom. The summed E-state index contributed by atoms with van der Waals surface area (Å²) in [5, 5.41) is 1.38. The van der Waals surface area contributed by atoms with Crippen LogP contribution in [0.4, 0.5) is 23.7 Å². The molecule has 0 unspecified atom stereocenters. The lowest BCUT2D eigenvalue weighted by Gasteiger charge is -2.39. The number of nitrogens with zero attached hydrogens (tertiary/aromatic N) is 1. The number of nitrogens with two attached hydrogens (primary N) is 1. The highest BCUT2D eigenvalue weighted by Crippen LogP contribution is 2.46. The third-order valence-corrected chi connectivity index (χ3v) is 4.39. The van der Waals surface area contributed by atoms with Gasteiger partial charge in [0.15, 0.2) is 0 Å². The summed E-state index contributed by atoms with van der Waals surface area (Å²) >= 11 is 0. The maximum Gasteiger partial charge on any atom is 0.533 e. The van der Waals surface area contributed by atoms with E-state index in [1.54, 1.807) is 6.92 Å². The van der Waals surface area contributed by atoms with Crippen LogP contribution in [-0.4, -0.2) is 18.8 Å². The SMILES string of the molecule is CCOC(=O)ON1c2ccc(C(F)(F)F)cc2[C@@H](N)C[C@H]1C1CC1. The number of carbonyl (C=O) groups excluding carboxylic acids is 1. The number of hydroxylamine groups is 1. The van der Waals surface area contributed by atoms with Crippen LogP contribution < -0.4 is 10.8 Å². The number of rotatable bonds is 3. The fourth-order valence-corrected chi connectivity index (χ4v) is 3.10. The molecule has 24 heavy (non-hydrogen) atoms. The molecule has 0 bridgehead atoms. The molecule has 0 spiro atoms. The molecule has 0 aromatic heterocycles. The van der Waals surface area contributed by atoms with Crippen LogP contribution in [0.1, 0.15) is 43.4 Å². The zero-order valence-electron chi connectivity index (χ0n) is 13.2. The predicted octanol–water partition coefficient (Wildman–Crippen LogP) is 3.78. The molecule has 5 nitrogen and oxygen atoms in total. The Balaban J connectivity index is 1.96.